The number of rotatable bonds is 3. The van der Waals surface area contributed by atoms with Gasteiger partial charge in [-0.25, -0.2) is 0 Å². The van der Waals surface area contributed by atoms with Crippen LogP contribution < -0.4 is 5.32 Å². The lowest BCUT2D eigenvalue weighted by molar-refractivity contribution is -0.0407. The molecule has 3 heteroatoms. The Balaban J connectivity index is 1.69. The van der Waals surface area contributed by atoms with Crippen LogP contribution in [0.15, 0.2) is 0 Å². The third-order valence-corrected chi connectivity index (χ3v) is 3.71. The number of piperidine rings is 1. The quantitative estimate of drug-likeness (QED) is 0.717. The summed E-state index contributed by atoms with van der Waals surface area (Å²) in [5.74, 6) is 1.74. The number of nitrogens with one attached hydrogen (secondary N) is 1. The fraction of sp³-hybridized carbons (Fsp3) is 1.00. The molecule has 0 aliphatic carbocycles. The van der Waals surface area contributed by atoms with Gasteiger partial charge in [0, 0.05) is 26.7 Å². The van der Waals surface area contributed by atoms with Gasteiger partial charge in [-0.2, -0.15) is 0 Å². The molecule has 2 atom stereocenters. The maximum atomic E-state index is 5.28. The SMILES string of the molecule is COC1CN(CC2CCNCC2C)C1. The van der Waals surface area contributed by atoms with E-state index in [1.54, 1.807) is 0 Å². The summed E-state index contributed by atoms with van der Waals surface area (Å²) in [6.07, 6.45) is 1.85. The molecule has 0 saturated carbocycles. The summed E-state index contributed by atoms with van der Waals surface area (Å²) in [7, 11) is 1.81. The predicted molar refractivity (Wildman–Crippen MR) is 57.4 cm³/mol. The number of nitrogens with zero attached hydrogens (tertiary/aromatic N) is 1. The molecule has 2 aliphatic heterocycles. The first-order chi connectivity index (χ1) is 6.79. The van der Waals surface area contributed by atoms with E-state index >= 15 is 0 Å². The summed E-state index contributed by atoms with van der Waals surface area (Å²) >= 11 is 0. The maximum absolute atomic E-state index is 5.28. The zero-order valence-corrected chi connectivity index (χ0v) is 9.33. The molecule has 0 aromatic rings. The van der Waals surface area contributed by atoms with E-state index in [0.29, 0.717) is 6.10 Å². The molecule has 0 amide bonds. The Morgan fingerprint density at radius 3 is 2.86 bits per heavy atom. The van der Waals surface area contributed by atoms with E-state index in [0.717, 1.165) is 24.9 Å². The largest absolute Gasteiger partial charge is 0.379 e. The molecule has 2 heterocycles. The lowest BCUT2D eigenvalue weighted by Crippen LogP contribution is -2.54. The van der Waals surface area contributed by atoms with Crippen molar-refractivity contribution in [3.63, 3.8) is 0 Å². The van der Waals surface area contributed by atoms with Gasteiger partial charge in [0.05, 0.1) is 6.10 Å². The predicted octanol–water partition coefficient (Wildman–Crippen LogP) is 0.563. The minimum Gasteiger partial charge on any atom is -0.379 e. The first kappa shape index (κ1) is 10.4. The summed E-state index contributed by atoms with van der Waals surface area (Å²) < 4.78 is 5.28. The van der Waals surface area contributed by atoms with Crippen molar-refractivity contribution in [3.05, 3.63) is 0 Å². The van der Waals surface area contributed by atoms with Crippen molar-refractivity contribution >= 4 is 0 Å². The highest BCUT2D eigenvalue weighted by Crippen LogP contribution is 2.22. The van der Waals surface area contributed by atoms with E-state index < -0.39 is 0 Å². The van der Waals surface area contributed by atoms with Crippen LogP contribution in [0.2, 0.25) is 0 Å². The third kappa shape index (κ3) is 2.27. The van der Waals surface area contributed by atoms with Gasteiger partial charge in [-0.05, 0) is 31.3 Å². The van der Waals surface area contributed by atoms with E-state index in [2.05, 4.69) is 17.1 Å². The van der Waals surface area contributed by atoms with Crippen molar-refractivity contribution in [2.45, 2.75) is 19.4 Å². The Bertz CT molecular complexity index is 180. The van der Waals surface area contributed by atoms with E-state index in [-0.39, 0.29) is 0 Å². The van der Waals surface area contributed by atoms with Crippen molar-refractivity contribution in [2.75, 3.05) is 39.8 Å². The van der Waals surface area contributed by atoms with Crippen LogP contribution in [0, 0.1) is 11.8 Å². The maximum Gasteiger partial charge on any atom is 0.0824 e. The number of likely N-dealkylation sites (tertiary alicyclic amines) is 1. The molecule has 3 nitrogen and oxygen atoms in total. The van der Waals surface area contributed by atoms with Crippen LogP contribution in [0.25, 0.3) is 0 Å². The minimum atomic E-state index is 0.507. The molecule has 0 radical (unpaired) electrons. The number of methoxy groups -OCH3 is 1. The average molecular weight is 198 g/mol. The van der Waals surface area contributed by atoms with Crippen LogP contribution >= 0.6 is 0 Å². The Morgan fingerprint density at radius 1 is 1.43 bits per heavy atom. The molecule has 2 aliphatic rings. The monoisotopic (exact) mass is 198 g/mol. The first-order valence-electron chi connectivity index (χ1n) is 5.75. The number of ether oxygens (including phenoxy) is 1. The highest BCUT2D eigenvalue weighted by atomic mass is 16.5. The fourth-order valence-corrected chi connectivity index (χ4v) is 2.49. The average Bonchev–Trinajstić information content (AvgIpc) is 2.13. The number of hydrogen-bond acceptors (Lipinski definition) is 3. The van der Waals surface area contributed by atoms with Crippen LogP contribution in [0.5, 0.6) is 0 Å². The highest BCUT2D eigenvalue weighted by Gasteiger charge is 2.30. The topological polar surface area (TPSA) is 24.5 Å². The second-order valence-corrected chi connectivity index (χ2v) is 4.81. The molecular formula is C11H22N2O. The summed E-state index contributed by atoms with van der Waals surface area (Å²) in [5.41, 5.74) is 0. The molecule has 2 unspecified atom stereocenters. The lowest BCUT2D eigenvalue weighted by atomic mass is 9.87. The van der Waals surface area contributed by atoms with Crippen molar-refractivity contribution in [3.8, 4) is 0 Å². The molecule has 0 aromatic heterocycles. The Morgan fingerprint density at radius 2 is 2.21 bits per heavy atom. The van der Waals surface area contributed by atoms with E-state index in [4.69, 9.17) is 4.74 Å². The molecule has 0 spiro atoms. The van der Waals surface area contributed by atoms with Gasteiger partial charge < -0.3 is 10.1 Å². The first-order valence-corrected chi connectivity index (χ1v) is 5.75. The molecule has 2 saturated heterocycles. The Hall–Kier alpha value is -0.120. The molecular weight excluding hydrogens is 176 g/mol. The molecule has 2 rings (SSSR count). The summed E-state index contributed by atoms with van der Waals surface area (Å²) in [6.45, 7) is 8.34. The van der Waals surface area contributed by atoms with Crippen molar-refractivity contribution < 1.29 is 4.74 Å². The normalized spacial score (nSPS) is 35.6. The Kier molecular flexibility index (Phi) is 3.42. The summed E-state index contributed by atoms with van der Waals surface area (Å²) in [6, 6.07) is 0. The molecule has 0 bridgehead atoms. The zero-order chi connectivity index (χ0) is 9.97. The summed E-state index contributed by atoms with van der Waals surface area (Å²) in [5, 5.41) is 3.45. The van der Waals surface area contributed by atoms with Gasteiger partial charge in [-0.1, -0.05) is 6.92 Å². The van der Waals surface area contributed by atoms with Crippen molar-refractivity contribution in [2.24, 2.45) is 11.8 Å². The molecule has 82 valence electrons. The van der Waals surface area contributed by atoms with Gasteiger partial charge in [0.1, 0.15) is 0 Å². The van der Waals surface area contributed by atoms with Gasteiger partial charge in [0.15, 0.2) is 0 Å². The molecule has 14 heavy (non-hydrogen) atoms. The smallest absolute Gasteiger partial charge is 0.0824 e. The standard InChI is InChI=1S/C11H22N2O/c1-9-5-12-4-3-10(9)6-13-7-11(8-13)14-2/h9-12H,3-8H2,1-2H3. The lowest BCUT2D eigenvalue weighted by Gasteiger charge is -2.42. The van der Waals surface area contributed by atoms with Gasteiger partial charge in [-0.15, -0.1) is 0 Å². The second-order valence-electron chi connectivity index (χ2n) is 4.81. The van der Waals surface area contributed by atoms with Gasteiger partial charge in [0.2, 0.25) is 0 Å². The van der Waals surface area contributed by atoms with Gasteiger partial charge in [-0.3, -0.25) is 4.90 Å². The Labute approximate surface area is 86.8 Å². The molecule has 0 aromatic carbocycles. The van der Waals surface area contributed by atoms with Gasteiger partial charge in [0.25, 0.3) is 0 Å². The molecule has 2 fully saturated rings. The van der Waals surface area contributed by atoms with Crippen LogP contribution in [0.1, 0.15) is 13.3 Å². The molecule has 1 N–H and O–H groups in total. The highest BCUT2D eigenvalue weighted by molar-refractivity contribution is 4.85. The van der Waals surface area contributed by atoms with E-state index in [1.165, 1.54) is 26.1 Å². The van der Waals surface area contributed by atoms with Crippen molar-refractivity contribution in [1.82, 2.24) is 10.2 Å². The number of hydrogen-bond donors (Lipinski definition) is 1. The van der Waals surface area contributed by atoms with Crippen LogP contribution in [-0.2, 0) is 4.74 Å². The second kappa shape index (κ2) is 4.60. The minimum absolute atomic E-state index is 0.507. The zero-order valence-electron chi connectivity index (χ0n) is 9.33. The van der Waals surface area contributed by atoms with Crippen LogP contribution in [-0.4, -0.2) is 50.8 Å². The van der Waals surface area contributed by atoms with Crippen molar-refractivity contribution in [1.29, 1.82) is 0 Å². The van der Waals surface area contributed by atoms with Crippen LogP contribution in [0.4, 0.5) is 0 Å². The van der Waals surface area contributed by atoms with Crippen LogP contribution in [0.3, 0.4) is 0 Å². The summed E-state index contributed by atoms with van der Waals surface area (Å²) in [4.78, 5) is 2.53. The van der Waals surface area contributed by atoms with E-state index in [9.17, 15) is 0 Å². The fourth-order valence-electron chi connectivity index (χ4n) is 2.49. The van der Waals surface area contributed by atoms with E-state index in [1.807, 2.05) is 7.11 Å². The van der Waals surface area contributed by atoms with Gasteiger partial charge >= 0.3 is 0 Å². The third-order valence-electron chi connectivity index (χ3n) is 3.71.